The first-order chi connectivity index (χ1) is 56.2. The molecule has 0 aliphatic heterocycles. The van der Waals surface area contributed by atoms with Gasteiger partial charge in [-0.3, -0.25) is 60.5 Å². The van der Waals surface area contributed by atoms with Crippen LogP contribution in [0.15, 0.2) is 237 Å². The molecule has 30 nitrogen and oxygen atoms in total. The van der Waals surface area contributed by atoms with Crippen LogP contribution in [0.2, 0.25) is 0 Å². The van der Waals surface area contributed by atoms with Gasteiger partial charge in [0.2, 0.25) is 0 Å². The number of nitro benzene ring substituents is 1. The first kappa shape index (κ1) is 76.5. The minimum Gasteiger partial charge on any atom is -0.507 e. The third-order valence-corrected chi connectivity index (χ3v) is 17.7. The van der Waals surface area contributed by atoms with Crippen LogP contribution in [0.25, 0.3) is 147 Å². The fraction of sp³-hybridized carbons (Fsp3) is 0.0610. The van der Waals surface area contributed by atoms with Crippen LogP contribution >= 0.6 is 0 Å². The molecule has 0 spiro atoms. The molecule has 10 heterocycles. The molecule has 116 heavy (non-hydrogen) atoms. The molecule has 34 heteroatoms. The van der Waals surface area contributed by atoms with Crippen LogP contribution in [0.4, 0.5) is 23.2 Å². The van der Waals surface area contributed by atoms with Gasteiger partial charge in [-0.2, -0.15) is 38.7 Å². The summed E-state index contributed by atoms with van der Waals surface area (Å²) in [6, 6.07) is 57.3. The number of aromatic nitrogens is 20. The van der Waals surface area contributed by atoms with Crippen molar-refractivity contribution < 1.29 is 57.5 Å². The van der Waals surface area contributed by atoms with Gasteiger partial charge in [-0.05, 0) is 150 Å². The van der Waals surface area contributed by atoms with Gasteiger partial charge in [-0.25, -0.2) is 29.3 Å². The van der Waals surface area contributed by atoms with Crippen molar-refractivity contribution >= 4 is 38.0 Å². The number of benzene rings is 8. The standard InChI is InChI=1S/C18H14N4O2.C18H14N4O.C17H11FN4O.C15H11F3N4O2.C14H11N5O3/c1-24-12-6-7-15(23)14(10-12)17-20-18(22-21-17)16-13-5-3-2-4-11(13)8-9-19-16;1-11-5-4-10-19-16(11)18-20-17(21-22-18)15-13-7-3-2-6-12(13)8-9-14(15)23;18-11-5-6-14(23)13(9-11)16-20-17(22-21-16)15-12-4-2-1-3-10(12)7-8-19-15;1-24-8-4-5-11(23)9(7-8)13-20-14(22-21-13)12-10(15(16,17)18)3-2-6-19-12;1-8-3-2-6-15-12(8)14-16-13(17-18-14)10-7-9(19(21)22)4-5-11(10)20/h2-10,23H,1H3,(H,20,21,22);2-10,23H,1H3,(H,20,21,22);1-9,23H,(H,20,21,22);2-7,23H,1H3,(H,20,21,22);2-7,20H,1H3,(H,16,17,18). The summed E-state index contributed by atoms with van der Waals surface area (Å²) in [5.41, 5.74) is 4.99. The third-order valence-electron chi connectivity index (χ3n) is 17.7. The molecule has 10 N–H and O–H groups in total. The van der Waals surface area contributed by atoms with Gasteiger partial charge in [0, 0.05) is 53.9 Å². The summed E-state index contributed by atoms with van der Waals surface area (Å²) in [6.07, 6.45) is 3.45. The van der Waals surface area contributed by atoms with E-state index in [1.165, 1.54) is 74.0 Å². The largest absolute Gasteiger partial charge is 0.507 e. The summed E-state index contributed by atoms with van der Waals surface area (Å²) in [4.78, 5) is 53.0. The number of non-ortho nitro benzene ring substituents is 1. The molecule has 0 unspecified atom stereocenters. The number of nitro groups is 1. The maximum absolute atomic E-state index is 13.4. The van der Waals surface area contributed by atoms with Crippen molar-refractivity contribution in [2.45, 2.75) is 20.0 Å². The Labute approximate surface area is 652 Å². The molecule has 0 radical (unpaired) electrons. The van der Waals surface area contributed by atoms with Crippen molar-refractivity contribution in [1.82, 2.24) is 101 Å². The highest BCUT2D eigenvalue weighted by Gasteiger charge is 2.35. The number of aromatic hydroxyl groups is 5. The van der Waals surface area contributed by atoms with E-state index >= 15 is 0 Å². The zero-order valence-electron chi connectivity index (χ0n) is 61.1. The first-order valence-electron chi connectivity index (χ1n) is 34.8. The second-order valence-corrected chi connectivity index (χ2v) is 25.1. The average Bonchev–Trinajstić information content (AvgIpc) is 1.46. The number of aryl methyl sites for hydroxylation is 2. The van der Waals surface area contributed by atoms with Crippen molar-refractivity contribution in [3.8, 4) is 155 Å². The molecule has 0 saturated heterocycles. The van der Waals surface area contributed by atoms with Crippen molar-refractivity contribution in [3.63, 3.8) is 0 Å². The van der Waals surface area contributed by atoms with Crippen LogP contribution in [0.1, 0.15) is 16.7 Å². The lowest BCUT2D eigenvalue weighted by Crippen LogP contribution is -2.08. The van der Waals surface area contributed by atoms with Crippen LogP contribution in [0.5, 0.6) is 40.2 Å². The number of nitrogens with one attached hydrogen (secondary N) is 5. The molecule has 10 aromatic heterocycles. The minimum absolute atomic E-state index is 0.0279. The van der Waals surface area contributed by atoms with Crippen LogP contribution in [-0.4, -0.2) is 146 Å². The van der Waals surface area contributed by atoms with Gasteiger partial charge >= 0.3 is 6.18 Å². The van der Waals surface area contributed by atoms with E-state index in [0.29, 0.717) is 74.7 Å². The second kappa shape index (κ2) is 33.5. The molecular weight excluding hydrogens is 1500 g/mol. The molecule has 0 bridgehead atoms. The van der Waals surface area contributed by atoms with E-state index < -0.39 is 22.5 Å². The smallest absolute Gasteiger partial charge is 0.418 e. The van der Waals surface area contributed by atoms with E-state index in [9.17, 15) is 53.2 Å². The Hall–Kier alpha value is -16.3. The maximum Gasteiger partial charge on any atom is 0.418 e. The number of hydrogen-bond donors (Lipinski definition) is 10. The van der Waals surface area contributed by atoms with Gasteiger partial charge in [0.25, 0.3) is 5.69 Å². The molecule has 18 aromatic rings. The van der Waals surface area contributed by atoms with Gasteiger partial charge in [-0.1, -0.05) is 91.0 Å². The van der Waals surface area contributed by atoms with Gasteiger partial charge < -0.3 is 35.0 Å². The Bertz CT molecular complexity index is 6600. The fourth-order valence-electron chi connectivity index (χ4n) is 12.0. The van der Waals surface area contributed by atoms with Crippen LogP contribution in [0.3, 0.4) is 0 Å². The number of halogens is 4. The molecular formula is C82H61F4N21O9. The Morgan fingerprint density at radius 2 is 0.733 bits per heavy atom. The summed E-state index contributed by atoms with van der Waals surface area (Å²) in [7, 11) is 3.02. The molecule has 18 rings (SSSR count). The number of rotatable bonds is 13. The van der Waals surface area contributed by atoms with Crippen LogP contribution in [0, 0.1) is 29.8 Å². The highest BCUT2D eigenvalue weighted by atomic mass is 19.4. The van der Waals surface area contributed by atoms with Gasteiger partial charge in [0.15, 0.2) is 58.2 Å². The summed E-state index contributed by atoms with van der Waals surface area (Å²) in [6.45, 7) is 3.86. The lowest BCUT2D eigenvalue weighted by atomic mass is 10.0. The van der Waals surface area contributed by atoms with Crippen molar-refractivity contribution in [2.75, 3.05) is 14.2 Å². The third kappa shape index (κ3) is 16.7. The van der Waals surface area contributed by atoms with E-state index in [2.05, 4.69) is 101 Å². The average molecular weight is 1560 g/mol. The molecule has 0 aliphatic carbocycles. The molecule has 0 aliphatic rings. The van der Waals surface area contributed by atoms with Gasteiger partial charge in [0.05, 0.1) is 52.5 Å². The molecule has 0 saturated carbocycles. The summed E-state index contributed by atoms with van der Waals surface area (Å²) in [5.74, 6) is 3.64. The fourth-order valence-corrected chi connectivity index (χ4v) is 12.0. The molecule has 0 atom stereocenters. The summed E-state index contributed by atoms with van der Waals surface area (Å²) >= 11 is 0. The number of H-pyrrole nitrogens is 5. The number of hydrogen-bond acceptors (Lipinski definition) is 24. The SMILES string of the molecule is COc1ccc(O)c(-c2n[nH]c(-c3nccc4ccccc34)n2)c1.COc1ccc(O)c(-c2n[nH]c(-c3ncccc3C(F)(F)F)n2)c1.Cc1cccnc1-c1nc(-c2c(O)ccc3ccccc23)n[nH]1.Cc1cccnc1-c1nc(-c2cc([N+](=O)[O-])ccc2O)n[nH]1.Oc1ccc(F)cc1-c1n[nH]c(-c2nccc3ccccc23)n1. The number of phenols is 5. The number of aromatic amines is 5. The first-order valence-corrected chi connectivity index (χ1v) is 34.8. The minimum atomic E-state index is -4.57. The highest BCUT2D eigenvalue weighted by Crippen LogP contribution is 2.40. The lowest BCUT2D eigenvalue weighted by Gasteiger charge is -2.09. The van der Waals surface area contributed by atoms with Crippen molar-refractivity contribution in [3.05, 3.63) is 270 Å². The maximum atomic E-state index is 13.4. The highest BCUT2D eigenvalue weighted by molar-refractivity contribution is 5.98. The predicted octanol–water partition coefficient (Wildman–Crippen LogP) is 16.4. The lowest BCUT2D eigenvalue weighted by molar-refractivity contribution is -0.384. The number of phenolic OH excluding ortho intramolecular Hbond substituents is 5. The molecule has 8 aromatic carbocycles. The second-order valence-electron chi connectivity index (χ2n) is 25.1. The zero-order chi connectivity index (χ0) is 81.2. The topological polar surface area (TPSA) is 435 Å². The number of alkyl halides is 3. The number of ether oxygens (including phenoxy) is 2. The molecule has 0 fully saturated rings. The monoisotopic (exact) mass is 1560 g/mol. The quantitative estimate of drug-likeness (QED) is 0.0291. The Morgan fingerprint density at radius 1 is 0.371 bits per heavy atom. The normalized spacial score (nSPS) is 11.0. The van der Waals surface area contributed by atoms with Gasteiger partial charge in [-0.15, -0.1) is 0 Å². The van der Waals surface area contributed by atoms with E-state index in [-0.39, 0.29) is 80.1 Å². The van der Waals surface area contributed by atoms with E-state index in [1.807, 2.05) is 129 Å². The number of nitrogens with zero attached hydrogens (tertiary/aromatic N) is 16. The Morgan fingerprint density at radius 3 is 1.19 bits per heavy atom. The van der Waals surface area contributed by atoms with Crippen LogP contribution in [-0.2, 0) is 6.18 Å². The van der Waals surface area contributed by atoms with Gasteiger partial charge in [0.1, 0.15) is 74.5 Å². The van der Waals surface area contributed by atoms with Crippen molar-refractivity contribution in [1.29, 1.82) is 0 Å². The van der Waals surface area contributed by atoms with E-state index in [0.717, 1.165) is 55.2 Å². The van der Waals surface area contributed by atoms with E-state index in [1.54, 1.807) is 56.2 Å². The number of methoxy groups -OCH3 is 2. The number of fused-ring (bicyclic) bond motifs is 3. The molecule has 0 amide bonds. The Kier molecular flexibility index (Phi) is 22.1. The summed E-state index contributed by atoms with van der Waals surface area (Å²) < 4.78 is 62.8. The summed E-state index contributed by atoms with van der Waals surface area (Å²) in [5, 5.41) is 101. The predicted molar refractivity (Wildman–Crippen MR) is 420 cm³/mol. The molecule has 576 valence electrons. The van der Waals surface area contributed by atoms with Crippen LogP contribution < -0.4 is 9.47 Å². The Balaban J connectivity index is 0.000000120. The zero-order valence-corrected chi connectivity index (χ0v) is 61.1. The van der Waals surface area contributed by atoms with E-state index in [4.69, 9.17) is 9.47 Å². The van der Waals surface area contributed by atoms with Crippen molar-refractivity contribution in [2.24, 2.45) is 0 Å². The number of pyridine rings is 5.